The van der Waals surface area contributed by atoms with E-state index in [9.17, 15) is 29.4 Å². The molecule has 0 aliphatic carbocycles. The number of esters is 4. The zero-order chi connectivity index (χ0) is 26.8. The molecule has 0 spiro atoms. The quantitative estimate of drug-likeness (QED) is 0.252. The summed E-state index contributed by atoms with van der Waals surface area (Å²) in [5.74, 6) is -2.80. The van der Waals surface area contributed by atoms with Crippen molar-refractivity contribution in [3.05, 3.63) is 71.8 Å². The van der Waals surface area contributed by atoms with Gasteiger partial charge in [0.25, 0.3) is 0 Å². The van der Waals surface area contributed by atoms with E-state index in [2.05, 4.69) is 13.2 Å². The van der Waals surface area contributed by atoms with Gasteiger partial charge in [-0.15, -0.1) is 0 Å². The van der Waals surface area contributed by atoms with Crippen LogP contribution in [0.25, 0.3) is 10.8 Å². The Hall–Kier alpha value is -4.02. The lowest BCUT2D eigenvalue weighted by Crippen LogP contribution is -2.28. The van der Waals surface area contributed by atoms with Crippen molar-refractivity contribution in [2.45, 2.75) is 26.1 Å². The van der Waals surface area contributed by atoms with E-state index in [-0.39, 0.29) is 35.5 Å². The van der Waals surface area contributed by atoms with Crippen LogP contribution in [0.3, 0.4) is 0 Å². The molecule has 2 aromatic rings. The average molecular weight is 501 g/mol. The number of benzene rings is 2. The number of aliphatic hydroxyl groups excluding tert-OH is 2. The Kier molecular flexibility index (Phi) is 10.3. The molecule has 2 aromatic carbocycles. The summed E-state index contributed by atoms with van der Waals surface area (Å²) in [5, 5.41) is 20.1. The first-order chi connectivity index (χ1) is 17.0. The lowest BCUT2D eigenvalue weighted by molar-refractivity contribution is -0.143. The highest BCUT2D eigenvalue weighted by Gasteiger charge is 2.20. The van der Waals surface area contributed by atoms with Gasteiger partial charge in [0.15, 0.2) is 12.2 Å². The molecule has 0 aliphatic heterocycles. The highest BCUT2D eigenvalue weighted by molar-refractivity contribution is 5.99. The zero-order valence-electron chi connectivity index (χ0n) is 20.0. The molecule has 2 N–H and O–H groups in total. The number of aliphatic hydroxyl groups is 2. The molecule has 0 bridgehead atoms. The standard InChI is InChI=1S/C26H28O10/c1-15(2)23(29)33-13-21(11-27)35-25(31)19-7-5-18-10-20(8-6-17(18)9-19)26(32)36-22(12-28)14-34-24(30)16(3)4/h5-10,21-22,27-28H,1,3,11-14H2,2,4H3. The minimum atomic E-state index is -1.05. The highest BCUT2D eigenvalue weighted by Crippen LogP contribution is 2.20. The summed E-state index contributed by atoms with van der Waals surface area (Å²) >= 11 is 0. The van der Waals surface area contributed by atoms with Gasteiger partial charge in [0.2, 0.25) is 0 Å². The first-order valence-corrected chi connectivity index (χ1v) is 10.9. The van der Waals surface area contributed by atoms with E-state index in [1.54, 1.807) is 12.1 Å². The highest BCUT2D eigenvalue weighted by atomic mass is 16.6. The van der Waals surface area contributed by atoms with Crippen LogP contribution in [0.1, 0.15) is 34.6 Å². The Morgan fingerprint density at radius 3 is 1.39 bits per heavy atom. The molecule has 2 rings (SSSR count). The lowest BCUT2D eigenvalue weighted by atomic mass is 10.0. The maximum absolute atomic E-state index is 12.5. The third kappa shape index (κ3) is 8.03. The smallest absolute Gasteiger partial charge is 0.338 e. The molecule has 2 atom stereocenters. The molecular formula is C26H28O10. The van der Waals surface area contributed by atoms with Crippen LogP contribution in [0.15, 0.2) is 60.7 Å². The number of rotatable bonds is 12. The van der Waals surface area contributed by atoms with E-state index in [4.69, 9.17) is 18.9 Å². The minimum Gasteiger partial charge on any atom is -0.458 e. The fraction of sp³-hybridized carbons (Fsp3) is 0.308. The monoisotopic (exact) mass is 500 g/mol. The number of carbonyl (C=O) groups excluding carboxylic acids is 4. The van der Waals surface area contributed by atoms with Gasteiger partial charge in [0, 0.05) is 11.1 Å². The van der Waals surface area contributed by atoms with E-state index in [1.807, 2.05) is 0 Å². The molecule has 0 saturated heterocycles. The summed E-state index contributed by atoms with van der Waals surface area (Å²) in [6, 6.07) is 9.21. The van der Waals surface area contributed by atoms with E-state index >= 15 is 0 Å². The molecule has 10 nitrogen and oxygen atoms in total. The van der Waals surface area contributed by atoms with Crippen LogP contribution in [-0.2, 0) is 28.5 Å². The summed E-state index contributed by atoms with van der Waals surface area (Å²) in [6.07, 6.45) is -2.11. The summed E-state index contributed by atoms with van der Waals surface area (Å²) < 4.78 is 20.2. The van der Waals surface area contributed by atoms with Gasteiger partial charge < -0.3 is 29.2 Å². The fourth-order valence-electron chi connectivity index (χ4n) is 2.77. The zero-order valence-corrected chi connectivity index (χ0v) is 20.0. The van der Waals surface area contributed by atoms with Gasteiger partial charge >= 0.3 is 23.9 Å². The van der Waals surface area contributed by atoms with E-state index < -0.39 is 49.3 Å². The van der Waals surface area contributed by atoms with Crippen molar-refractivity contribution in [2.75, 3.05) is 26.4 Å². The number of fused-ring (bicyclic) bond motifs is 1. The van der Waals surface area contributed by atoms with Crippen LogP contribution in [0, 0.1) is 0 Å². The van der Waals surface area contributed by atoms with Crippen LogP contribution in [0.5, 0.6) is 0 Å². The average Bonchev–Trinajstić information content (AvgIpc) is 2.87. The van der Waals surface area contributed by atoms with Crippen molar-refractivity contribution < 1.29 is 48.3 Å². The van der Waals surface area contributed by atoms with Gasteiger partial charge in [0.1, 0.15) is 13.2 Å². The molecule has 0 heterocycles. The van der Waals surface area contributed by atoms with E-state index in [0.717, 1.165) is 0 Å². The Bertz CT molecular complexity index is 1080. The van der Waals surface area contributed by atoms with Gasteiger partial charge in [-0.1, -0.05) is 25.3 Å². The molecule has 36 heavy (non-hydrogen) atoms. The van der Waals surface area contributed by atoms with Crippen molar-refractivity contribution >= 4 is 34.6 Å². The van der Waals surface area contributed by atoms with Gasteiger partial charge in [-0.05, 0) is 48.9 Å². The number of ether oxygens (including phenoxy) is 4. The van der Waals surface area contributed by atoms with Crippen molar-refractivity contribution in [2.24, 2.45) is 0 Å². The van der Waals surface area contributed by atoms with Crippen molar-refractivity contribution in [3.8, 4) is 0 Å². The molecule has 0 aromatic heterocycles. The predicted octanol–water partition coefficient (Wildman–Crippen LogP) is 2.11. The normalized spacial score (nSPS) is 12.2. The molecular weight excluding hydrogens is 472 g/mol. The summed E-state index contributed by atoms with van der Waals surface area (Å²) in [6.45, 7) is 8.08. The van der Waals surface area contributed by atoms with E-state index in [1.165, 1.54) is 38.1 Å². The Morgan fingerprint density at radius 1 is 0.722 bits per heavy atom. The Labute approximate surface area is 207 Å². The lowest BCUT2D eigenvalue weighted by Gasteiger charge is -2.16. The summed E-state index contributed by atoms with van der Waals surface area (Å²) in [4.78, 5) is 48.0. The molecule has 10 heteroatoms. The molecule has 0 fully saturated rings. The summed E-state index contributed by atoms with van der Waals surface area (Å²) in [7, 11) is 0. The molecule has 192 valence electrons. The Morgan fingerprint density at radius 2 is 1.08 bits per heavy atom. The SMILES string of the molecule is C=C(C)C(=O)OCC(CO)OC(=O)c1ccc2cc(C(=O)OC(CO)COC(=O)C(=C)C)ccc2c1. The second kappa shape index (κ2) is 13.2. The molecule has 0 saturated carbocycles. The number of carbonyl (C=O) groups is 4. The molecule has 0 amide bonds. The summed E-state index contributed by atoms with van der Waals surface area (Å²) in [5.41, 5.74) is 0.715. The van der Waals surface area contributed by atoms with Crippen LogP contribution in [0.4, 0.5) is 0 Å². The maximum Gasteiger partial charge on any atom is 0.338 e. The van der Waals surface area contributed by atoms with E-state index in [0.29, 0.717) is 10.8 Å². The first kappa shape index (κ1) is 28.2. The van der Waals surface area contributed by atoms with Gasteiger partial charge in [-0.25, -0.2) is 19.2 Å². The minimum absolute atomic E-state index is 0.175. The predicted molar refractivity (Wildman–Crippen MR) is 128 cm³/mol. The largest absolute Gasteiger partial charge is 0.458 e. The topological polar surface area (TPSA) is 146 Å². The van der Waals surface area contributed by atoms with Gasteiger partial charge in [-0.3, -0.25) is 0 Å². The van der Waals surface area contributed by atoms with Crippen molar-refractivity contribution in [1.29, 1.82) is 0 Å². The third-order valence-electron chi connectivity index (χ3n) is 4.76. The molecule has 0 radical (unpaired) electrons. The fourth-order valence-corrected chi connectivity index (χ4v) is 2.77. The van der Waals surface area contributed by atoms with Gasteiger partial charge in [0.05, 0.1) is 24.3 Å². The van der Waals surface area contributed by atoms with Crippen LogP contribution in [-0.4, -0.2) is 72.7 Å². The first-order valence-electron chi connectivity index (χ1n) is 10.9. The number of hydrogen-bond acceptors (Lipinski definition) is 10. The van der Waals surface area contributed by atoms with Crippen LogP contribution in [0.2, 0.25) is 0 Å². The van der Waals surface area contributed by atoms with Crippen LogP contribution >= 0.6 is 0 Å². The number of hydrogen-bond donors (Lipinski definition) is 2. The van der Waals surface area contributed by atoms with Gasteiger partial charge in [-0.2, -0.15) is 0 Å². The van der Waals surface area contributed by atoms with Crippen LogP contribution < -0.4 is 0 Å². The molecule has 2 unspecified atom stereocenters. The molecule has 0 aliphatic rings. The second-order valence-corrected chi connectivity index (χ2v) is 7.95. The maximum atomic E-state index is 12.5. The Balaban J connectivity index is 2.05. The second-order valence-electron chi connectivity index (χ2n) is 7.95. The van der Waals surface area contributed by atoms with Crippen molar-refractivity contribution in [3.63, 3.8) is 0 Å². The van der Waals surface area contributed by atoms with Crippen molar-refractivity contribution in [1.82, 2.24) is 0 Å². The third-order valence-corrected chi connectivity index (χ3v) is 4.76.